The molecular weight excluding hydrogens is 275 g/mol. The minimum atomic E-state index is -0.518. The number of rotatable bonds is 5. The first-order valence-electron chi connectivity index (χ1n) is 6.72. The molecule has 1 unspecified atom stereocenters. The smallest absolute Gasteiger partial charge is 0.123 e. The van der Waals surface area contributed by atoms with Crippen LogP contribution >= 0.6 is 11.6 Å². The Morgan fingerprint density at radius 3 is 2.55 bits per heavy atom. The van der Waals surface area contributed by atoms with E-state index in [-0.39, 0.29) is 5.82 Å². The zero-order valence-electron chi connectivity index (χ0n) is 11.4. The Kier molecular flexibility index (Phi) is 5.16. The molecule has 0 radical (unpaired) electrons. The van der Waals surface area contributed by atoms with Crippen molar-refractivity contribution < 1.29 is 9.50 Å². The van der Waals surface area contributed by atoms with Gasteiger partial charge in [-0.1, -0.05) is 41.4 Å². The molecular formula is C17H18ClFO. The minimum Gasteiger partial charge on any atom is -0.393 e. The molecule has 1 N–H and O–H groups in total. The van der Waals surface area contributed by atoms with Crippen LogP contribution in [0.5, 0.6) is 0 Å². The molecule has 0 aromatic heterocycles. The first-order chi connectivity index (χ1) is 9.54. The van der Waals surface area contributed by atoms with Crippen molar-refractivity contribution >= 4 is 11.6 Å². The van der Waals surface area contributed by atoms with Crippen LogP contribution in [0.2, 0.25) is 5.02 Å². The SMILES string of the molecule is Cc1ccc(CCC(O)Cc2cc(F)ccc2Cl)cc1. The lowest BCUT2D eigenvalue weighted by molar-refractivity contribution is 0.165. The number of aliphatic hydroxyl groups excluding tert-OH is 1. The molecule has 0 saturated carbocycles. The lowest BCUT2D eigenvalue weighted by Crippen LogP contribution is -2.12. The summed E-state index contributed by atoms with van der Waals surface area (Å²) in [5.74, 6) is -0.324. The van der Waals surface area contributed by atoms with E-state index >= 15 is 0 Å². The highest BCUT2D eigenvalue weighted by atomic mass is 35.5. The molecule has 0 aliphatic rings. The van der Waals surface area contributed by atoms with Gasteiger partial charge in [0.15, 0.2) is 0 Å². The highest BCUT2D eigenvalue weighted by Crippen LogP contribution is 2.20. The van der Waals surface area contributed by atoms with E-state index < -0.39 is 6.10 Å². The second-order valence-electron chi connectivity index (χ2n) is 5.12. The van der Waals surface area contributed by atoms with Gasteiger partial charge in [-0.2, -0.15) is 0 Å². The first kappa shape index (κ1) is 15.0. The van der Waals surface area contributed by atoms with Crippen LogP contribution in [0.1, 0.15) is 23.1 Å². The Morgan fingerprint density at radius 2 is 1.85 bits per heavy atom. The third-order valence-corrected chi connectivity index (χ3v) is 3.72. The second-order valence-corrected chi connectivity index (χ2v) is 5.53. The van der Waals surface area contributed by atoms with Gasteiger partial charge >= 0.3 is 0 Å². The molecule has 106 valence electrons. The van der Waals surface area contributed by atoms with Crippen molar-refractivity contribution in [1.29, 1.82) is 0 Å². The summed E-state index contributed by atoms with van der Waals surface area (Å²) in [6.45, 7) is 2.05. The van der Waals surface area contributed by atoms with Crippen molar-refractivity contribution in [1.82, 2.24) is 0 Å². The monoisotopic (exact) mass is 292 g/mol. The standard InChI is InChI=1S/C17H18ClFO/c1-12-2-4-13(5-3-12)6-8-16(20)11-14-10-15(19)7-9-17(14)18/h2-5,7,9-10,16,20H,6,8,11H2,1H3. The van der Waals surface area contributed by atoms with E-state index in [0.717, 1.165) is 6.42 Å². The zero-order valence-corrected chi connectivity index (χ0v) is 12.2. The lowest BCUT2D eigenvalue weighted by Gasteiger charge is -2.12. The molecule has 0 aliphatic heterocycles. The maximum Gasteiger partial charge on any atom is 0.123 e. The predicted octanol–water partition coefficient (Wildman–Crippen LogP) is 4.32. The molecule has 0 fully saturated rings. The Hall–Kier alpha value is -1.38. The van der Waals surface area contributed by atoms with E-state index in [0.29, 0.717) is 23.4 Å². The molecule has 0 amide bonds. The highest BCUT2D eigenvalue weighted by Gasteiger charge is 2.10. The molecule has 20 heavy (non-hydrogen) atoms. The van der Waals surface area contributed by atoms with Gasteiger partial charge in [0.05, 0.1) is 6.10 Å². The van der Waals surface area contributed by atoms with Gasteiger partial charge in [-0.15, -0.1) is 0 Å². The van der Waals surface area contributed by atoms with Gasteiger partial charge < -0.3 is 5.11 Å². The molecule has 0 bridgehead atoms. The fourth-order valence-corrected chi connectivity index (χ4v) is 2.34. The van der Waals surface area contributed by atoms with Crippen molar-refractivity contribution in [2.24, 2.45) is 0 Å². The first-order valence-corrected chi connectivity index (χ1v) is 7.10. The van der Waals surface area contributed by atoms with Crippen LogP contribution in [0, 0.1) is 12.7 Å². The van der Waals surface area contributed by atoms with Crippen LogP contribution < -0.4 is 0 Å². The predicted molar refractivity (Wildman–Crippen MR) is 80.6 cm³/mol. The van der Waals surface area contributed by atoms with Crippen molar-refractivity contribution in [3.63, 3.8) is 0 Å². The van der Waals surface area contributed by atoms with Crippen molar-refractivity contribution in [3.05, 3.63) is 70.0 Å². The molecule has 3 heteroatoms. The van der Waals surface area contributed by atoms with Crippen molar-refractivity contribution in [2.45, 2.75) is 32.3 Å². The summed E-state index contributed by atoms with van der Waals surface area (Å²) in [7, 11) is 0. The minimum absolute atomic E-state index is 0.324. The average molecular weight is 293 g/mol. The Balaban J connectivity index is 1.90. The summed E-state index contributed by atoms with van der Waals surface area (Å²) in [4.78, 5) is 0. The topological polar surface area (TPSA) is 20.2 Å². The van der Waals surface area contributed by atoms with Crippen LogP contribution in [0.3, 0.4) is 0 Å². The number of aliphatic hydroxyl groups is 1. The third-order valence-electron chi connectivity index (χ3n) is 3.35. The van der Waals surface area contributed by atoms with Crippen molar-refractivity contribution in [2.75, 3.05) is 0 Å². The molecule has 1 nitrogen and oxygen atoms in total. The van der Waals surface area contributed by atoms with Crippen LogP contribution in [0.15, 0.2) is 42.5 Å². The molecule has 0 heterocycles. The van der Waals surface area contributed by atoms with E-state index in [4.69, 9.17) is 11.6 Å². The number of hydrogen-bond acceptors (Lipinski definition) is 1. The average Bonchev–Trinajstić information content (AvgIpc) is 2.42. The number of aryl methyl sites for hydroxylation is 2. The molecule has 2 rings (SSSR count). The van der Waals surface area contributed by atoms with E-state index in [1.54, 1.807) is 0 Å². The third kappa shape index (κ3) is 4.32. The fourth-order valence-electron chi connectivity index (χ4n) is 2.14. The molecule has 2 aromatic rings. The molecule has 0 aliphatic carbocycles. The Labute approximate surface area is 124 Å². The van der Waals surface area contributed by atoms with E-state index in [9.17, 15) is 9.50 Å². The maximum atomic E-state index is 13.1. The quantitative estimate of drug-likeness (QED) is 0.870. The van der Waals surface area contributed by atoms with Gasteiger partial charge in [0.25, 0.3) is 0 Å². The van der Waals surface area contributed by atoms with Gasteiger partial charge in [-0.05, 0) is 55.5 Å². The summed E-state index contributed by atoms with van der Waals surface area (Å²) in [5, 5.41) is 10.6. The van der Waals surface area contributed by atoms with E-state index in [1.165, 1.54) is 29.3 Å². The van der Waals surface area contributed by atoms with Crippen LogP contribution in [-0.2, 0) is 12.8 Å². The number of halogens is 2. The van der Waals surface area contributed by atoms with Gasteiger partial charge in [-0.3, -0.25) is 0 Å². The zero-order chi connectivity index (χ0) is 14.5. The van der Waals surface area contributed by atoms with Gasteiger partial charge in [-0.25, -0.2) is 4.39 Å². The normalized spacial score (nSPS) is 12.4. The van der Waals surface area contributed by atoms with E-state index in [1.807, 2.05) is 6.92 Å². The summed E-state index contributed by atoms with van der Waals surface area (Å²) in [6, 6.07) is 12.5. The summed E-state index contributed by atoms with van der Waals surface area (Å²) < 4.78 is 13.1. The van der Waals surface area contributed by atoms with Gasteiger partial charge in [0.2, 0.25) is 0 Å². The number of hydrogen-bond donors (Lipinski definition) is 1. The molecule has 2 aromatic carbocycles. The Bertz CT molecular complexity index is 566. The van der Waals surface area contributed by atoms with Crippen LogP contribution in [0.25, 0.3) is 0 Å². The lowest BCUT2D eigenvalue weighted by atomic mass is 10.0. The summed E-state index contributed by atoms with van der Waals surface area (Å²) in [5.41, 5.74) is 3.07. The summed E-state index contributed by atoms with van der Waals surface area (Å²) >= 11 is 6.00. The molecule has 1 atom stereocenters. The number of benzene rings is 2. The fraction of sp³-hybridized carbons (Fsp3) is 0.294. The van der Waals surface area contributed by atoms with Crippen LogP contribution in [-0.4, -0.2) is 11.2 Å². The van der Waals surface area contributed by atoms with E-state index in [2.05, 4.69) is 24.3 Å². The van der Waals surface area contributed by atoms with Gasteiger partial charge in [0.1, 0.15) is 5.82 Å². The Morgan fingerprint density at radius 1 is 1.15 bits per heavy atom. The highest BCUT2D eigenvalue weighted by molar-refractivity contribution is 6.31. The largest absolute Gasteiger partial charge is 0.393 e. The maximum absolute atomic E-state index is 13.1. The second kappa shape index (κ2) is 6.87. The van der Waals surface area contributed by atoms with Crippen molar-refractivity contribution in [3.8, 4) is 0 Å². The summed E-state index contributed by atoms with van der Waals surface area (Å²) in [6.07, 6.45) is 1.29. The molecule has 0 spiro atoms. The van der Waals surface area contributed by atoms with Gasteiger partial charge in [0, 0.05) is 5.02 Å². The molecule has 0 saturated heterocycles. The van der Waals surface area contributed by atoms with Crippen LogP contribution in [0.4, 0.5) is 4.39 Å².